The van der Waals surface area contributed by atoms with E-state index in [0.717, 1.165) is 31.4 Å². The number of fused-ring (bicyclic) bond motifs is 1. The molecule has 0 atom stereocenters. The summed E-state index contributed by atoms with van der Waals surface area (Å²) < 4.78 is 1.22. The highest BCUT2D eigenvalue weighted by molar-refractivity contribution is 6.02. The summed E-state index contributed by atoms with van der Waals surface area (Å²) in [5.74, 6) is -2.31. The van der Waals surface area contributed by atoms with Crippen LogP contribution in [0, 0.1) is 0 Å². The highest BCUT2D eigenvalue weighted by atomic mass is 16.4. The van der Waals surface area contributed by atoms with E-state index in [1.54, 1.807) is 6.07 Å². The molecule has 26 heavy (non-hydrogen) atoms. The van der Waals surface area contributed by atoms with Crippen LogP contribution in [0.25, 0.3) is 11.0 Å². The van der Waals surface area contributed by atoms with Crippen molar-refractivity contribution in [3.63, 3.8) is 0 Å². The second kappa shape index (κ2) is 7.15. The first-order valence-electron chi connectivity index (χ1n) is 8.62. The average molecular weight is 359 g/mol. The Labute approximate surface area is 149 Å². The molecule has 8 heteroatoms. The quantitative estimate of drug-likeness (QED) is 0.760. The van der Waals surface area contributed by atoms with E-state index < -0.39 is 35.3 Å². The van der Waals surface area contributed by atoms with Crippen molar-refractivity contribution in [1.29, 1.82) is 0 Å². The van der Waals surface area contributed by atoms with Crippen molar-refractivity contribution in [3.8, 4) is 5.75 Å². The fourth-order valence-corrected chi connectivity index (χ4v) is 3.48. The minimum absolute atomic E-state index is 0.284. The Morgan fingerprint density at radius 1 is 1.27 bits per heavy atom. The normalized spacial score (nSPS) is 15.1. The second-order valence-corrected chi connectivity index (χ2v) is 6.61. The molecule has 138 valence electrons. The van der Waals surface area contributed by atoms with Gasteiger partial charge in [0.1, 0.15) is 23.5 Å². The number of carbonyl (C=O) groups is 2. The lowest BCUT2D eigenvalue weighted by Gasteiger charge is -2.21. The van der Waals surface area contributed by atoms with Crippen LogP contribution in [0.3, 0.4) is 0 Å². The van der Waals surface area contributed by atoms with Crippen molar-refractivity contribution >= 4 is 22.9 Å². The molecule has 1 saturated carbocycles. The molecule has 0 radical (unpaired) electrons. The number of hydrogen-bond donors (Lipinski definition) is 3. The van der Waals surface area contributed by atoms with Crippen molar-refractivity contribution in [2.75, 3.05) is 6.54 Å². The van der Waals surface area contributed by atoms with Gasteiger partial charge in [0.15, 0.2) is 0 Å². The molecule has 0 unspecified atom stereocenters. The summed E-state index contributed by atoms with van der Waals surface area (Å²) in [7, 11) is 1.48. The number of aliphatic carboxylic acids is 1. The fourth-order valence-electron chi connectivity index (χ4n) is 3.48. The zero-order valence-corrected chi connectivity index (χ0v) is 14.5. The Kier molecular flexibility index (Phi) is 4.92. The van der Waals surface area contributed by atoms with E-state index in [-0.39, 0.29) is 5.39 Å². The van der Waals surface area contributed by atoms with Crippen LogP contribution in [-0.4, -0.2) is 38.2 Å². The van der Waals surface area contributed by atoms with E-state index in [1.807, 2.05) is 6.07 Å². The van der Waals surface area contributed by atoms with Gasteiger partial charge in [0.05, 0.1) is 5.39 Å². The standard InChI is InChI=1S/C18H21N3O5/c1-21-16-11(7-8-12(20-16)10-5-3-2-4-6-10)15(24)14(18(21)26)17(25)19-9-13(22)23/h7-8,10,24H,2-6,9H2,1H3,(H,19,25)(H,22,23). The van der Waals surface area contributed by atoms with Crippen LogP contribution in [-0.2, 0) is 11.8 Å². The van der Waals surface area contributed by atoms with Gasteiger partial charge in [0.25, 0.3) is 11.5 Å². The van der Waals surface area contributed by atoms with E-state index in [2.05, 4.69) is 10.3 Å². The monoisotopic (exact) mass is 359 g/mol. The Morgan fingerprint density at radius 2 is 1.96 bits per heavy atom. The molecule has 2 heterocycles. The third-order valence-electron chi connectivity index (χ3n) is 4.88. The number of nitrogens with zero attached hydrogens (tertiary/aromatic N) is 2. The molecule has 1 aliphatic rings. The number of pyridine rings is 2. The first-order chi connectivity index (χ1) is 12.4. The lowest BCUT2D eigenvalue weighted by Crippen LogP contribution is -2.35. The van der Waals surface area contributed by atoms with Gasteiger partial charge in [-0.1, -0.05) is 19.3 Å². The third kappa shape index (κ3) is 3.26. The Balaban J connectivity index is 2.06. The van der Waals surface area contributed by atoms with Crippen LogP contribution >= 0.6 is 0 Å². The number of hydrogen-bond acceptors (Lipinski definition) is 5. The molecule has 1 aliphatic carbocycles. The lowest BCUT2D eigenvalue weighted by atomic mass is 9.86. The zero-order chi connectivity index (χ0) is 18.8. The number of aromatic hydroxyl groups is 1. The molecule has 1 fully saturated rings. The summed E-state index contributed by atoms with van der Waals surface area (Å²) in [4.78, 5) is 39.8. The SMILES string of the molecule is Cn1c(=O)c(C(=O)NCC(=O)O)c(O)c2ccc(C3CCCCC3)nc21. The van der Waals surface area contributed by atoms with Crippen molar-refractivity contribution in [3.05, 3.63) is 33.7 Å². The predicted molar refractivity (Wildman–Crippen MR) is 94.4 cm³/mol. The zero-order valence-electron chi connectivity index (χ0n) is 14.5. The molecule has 3 rings (SSSR count). The molecule has 0 bridgehead atoms. The number of amides is 1. The van der Waals surface area contributed by atoms with Gasteiger partial charge in [0.2, 0.25) is 0 Å². The number of carbonyl (C=O) groups excluding carboxylic acids is 1. The van der Waals surface area contributed by atoms with Crippen LogP contribution in [0.5, 0.6) is 5.75 Å². The third-order valence-corrected chi connectivity index (χ3v) is 4.88. The summed E-state index contributed by atoms with van der Waals surface area (Å²) >= 11 is 0. The Bertz CT molecular complexity index is 929. The van der Waals surface area contributed by atoms with E-state index in [9.17, 15) is 19.5 Å². The fraction of sp³-hybridized carbons (Fsp3) is 0.444. The maximum Gasteiger partial charge on any atom is 0.322 e. The minimum atomic E-state index is -1.24. The molecule has 3 N–H and O–H groups in total. The number of rotatable bonds is 4. The van der Waals surface area contributed by atoms with Crippen molar-refractivity contribution < 1.29 is 19.8 Å². The van der Waals surface area contributed by atoms with Crippen LogP contribution in [0.4, 0.5) is 0 Å². The summed E-state index contributed by atoms with van der Waals surface area (Å²) in [6.45, 7) is -0.641. The van der Waals surface area contributed by atoms with E-state index in [4.69, 9.17) is 5.11 Å². The van der Waals surface area contributed by atoms with Gasteiger partial charge in [-0.15, -0.1) is 0 Å². The molecule has 8 nitrogen and oxygen atoms in total. The summed E-state index contributed by atoms with van der Waals surface area (Å²) in [5, 5.41) is 21.5. The van der Waals surface area contributed by atoms with Gasteiger partial charge >= 0.3 is 5.97 Å². The number of aromatic nitrogens is 2. The lowest BCUT2D eigenvalue weighted by molar-refractivity contribution is -0.135. The maximum absolute atomic E-state index is 12.5. The van der Waals surface area contributed by atoms with Crippen molar-refractivity contribution in [1.82, 2.24) is 14.9 Å². The van der Waals surface area contributed by atoms with E-state index in [1.165, 1.54) is 18.0 Å². The minimum Gasteiger partial charge on any atom is -0.506 e. The van der Waals surface area contributed by atoms with Crippen LogP contribution in [0.15, 0.2) is 16.9 Å². The largest absolute Gasteiger partial charge is 0.506 e. The van der Waals surface area contributed by atoms with Gasteiger partial charge in [-0.3, -0.25) is 19.0 Å². The van der Waals surface area contributed by atoms with E-state index >= 15 is 0 Å². The molecule has 1 amide bonds. The van der Waals surface area contributed by atoms with Crippen molar-refractivity contribution in [2.24, 2.45) is 7.05 Å². The number of carboxylic acids is 1. The first kappa shape index (κ1) is 17.9. The molecular formula is C18H21N3O5. The number of nitrogens with one attached hydrogen (secondary N) is 1. The van der Waals surface area contributed by atoms with E-state index in [0.29, 0.717) is 11.6 Å². The number of aryl methyl sites for hydroxylation is 1. The van der Waals surface area contributed by atoms with Crippen LogP contribution in [0.2, 0.25) is 0 Å². The van der Waals surface area contributed by atoms with Crippen LogP contribution < -0.4 is 10.9 Å². The topological polar surface area (TPSA) is 122 Å². The molecule has 0 aliphatic heterocycles. The highest BCUT2D eigenvalue weighted by Crippen LogP contribution is 2.33. The van der Waals surface area contributed by atoms with Crippen LogP contribution in [0.1, 0.15) is 54.1 Å². The molecule has 0 aromatic carbocycles. The average Bonchev–Trinajstić information content (AvgIpc) is 2.65. The summed E-state index contributed by atoms with van der Waals surface area (Å²) in [5.41, 5.74) is -0.000291. The molecule has 0 spiro atoms. The molecule has 2 aromatic rings. The first-order valence-corrected chi connectivity index (χ1v) is 8.62. The van der Waals surface area contributed by atoms with Gasteiger partial charge in [-0.25, -0.2) is 4.98 Å². The second-order valence-electron chi connectivity index (χ2n) is 6.61. The summed E-state index contributed by atoms with van der Waals surface area (Å²) in [6.07, 6.45) is 5.62. The van der Waals surface area contributed by atoms with Gasteiger partial charge in [-0.05, 0) is 25.0 Å². The maximum atomic E-state index is 12.5. The summed E-state index contributed by atoms with van der Waals surface area (Å²) in [6, 6.07) is 3.48. The smallest absolute Gasteiger partial charge is 0.322 e. The highest BCUT2D eigenvalue weighted by Gasteiger charge is 2.24. The predicted octanol–water partition coefficient (Wildman–Crippen LogP) is 1.50. The molecular weight excluding hydrogens is 338 g/mol. The molecule has 0 saturated heterocycles. The van der Waals surface area contributed by atoms with Gasteiger partial charge in [0, 0.05) is 18.7 Å². The van der Waals surface area contributed by atoms with Gasteiger partial charge in [-0.2, -0.15) is 0 Å². The molecule has 2 aromatic heterocycles. The van der Waals surface area contributed by atoms with Gasteiger partial charge < -0.3 is 15.5 Å². The van der Waals surface area contributed by atoms with Crippen molar-refractivity contribution in [2.45, 2.75) is 38.0 Å². The Morgan fingerprint density at radius 3 is 2.62 bits per heavy atom. The number of carboxylic acid groups (broad SMARTS) is 1. The Hall–Kier alpha value is -2.90.